The maximum absolute atomic E-state index is 10.5. The number of aliphatic carboxylic acids is 1. The number of carbonyl (C=O) groups is 1. The average molecular weight is 283 g/mol. The second kappa shape index (κ2) is 5.20. The quantitative estimate of drug-likeness (QED) is 0.658. The zero-order valence-electron chi connectivity index (χ0n) is 6.61. The Bertz CT molecular complexity index is 356. The summed E-state index contributed by atoms with van der Waals surface area (Å²) in [7, 11) is 0. The van der Waals surface area contributed by atoms with Gasteiger partial charge in [-0.1, -0.05) is 34.1 Å². The Morgan fingerprint density at radius 3 is 2.57 bits per heavy atom. The number of hydrogen-bond donors (Lipinski definition) is 1. The van der Waals surface area contributed by atoms with Gasteiger partial charge in [-0.3, -0.25) is 0 Å². The normalized spacial score (nSPS) is 23.8. The van der Waals surface area contributed by atoms with Crippen molar-refractivity contribution >= 4 is 73.3 Å². The molecular weight excluding hydrogens is 275 g/mol. The first kappa shape index (κ1) is 12.8. The molecule has 1 fully saturated rings. The first-order chi connectivity index (χ1) is 6.20. The van der Waals surface area contributed by atoms with Gasteiger partial charge in [-0.2, -0.15) is 0 Å². The molecule has 3 nitrogen and oxygen atoms in total. The molecule has 0 amide bonds. The monoisotopic (exact) mass is 282 g/mol. The number of ether oxygens (including phenoxy) is 1. The van der Waals surface area contributed by atoms with Crippen LogP contribution in [-0.4, -0.2) is 68.6 Å². The summed E-state index contributed by atoms with van der Waals surface area (Å²) < 4.78 is 5.91. The summed E-state index contributed by atoms with van der Waals surface area (Å²) in [5, 5.41) is 8.64. The summed E-state index contributed by atoms with van der Waals surface area (Å²) in [4.78, 5) is 10.5. The van der Waals surface area contributed by atoms with Crippen LogP contribution in [0.3, 0.4) is 0 Å². The number of carboxylic acid groups (broad SMARTS) is 1. The Kier molecular flexibility index (Phi) is 4.77. The summed E-state index contributed by atoms with van der Waals surface area (Å²) in [6, 6.07) is 7.47. The third-order valence-corrected chi connectivity index (χ3v) is 2.67. The number of epoxide rings is 1. The van der Waals surface area contributed by atoms with E-state index in [-0.39, 0.29) is 57.5 Å². The standard InChI is InChI=1S/C9H7BrO3.K.H/c10-6-4-2-1-3-5(6)7-8(13-7)9(11)12;;/h1-4,7-8H,(H,11,12);;. The molecule has 0 aliphatic carbocycles. The minimum absolute atomic E-state index is 0. The van der Waals surface area contributed by atoms with Crippen molar-refractivity contribution in [2.75, 3.05) is 0 Å². The second-order valence-electron chi connectivity index (χ2n) is 2.84. The van der Waals surface area contributed by atoms with Gasteiger partial charge in [0.25, 0.3) is 0 Å². The van der Waals surface area contributed by atoms with E-state index in [0.717, 1.165) is 10.0 Å². The zero-order valence-corrected chi connectivity index (χ0v) is 8.19. The summed E-state index contributed by atoms with van der Waals surface area (Å²) in [6.07, 6.45) is -0.952. The molecule has 0 saturated carbocycles. The van der Waals surface area contributed by atoms with Crippen molar-refractivity contribution in [1.29, 1.82) is 0 Å². The fraction of sp³-hybridized carbons (Fsp3) is 0.222. The van der Waals surface area contributed by atoms with Crippen molar-refractivity contribution in [3.05, 3.63) is 34.3 Å². The van der Waals surface area contributed by atoms with Crippen LogP contribution in [0.5, 0.6) is 0 Å². The second-order valence-corrected chi connectivity index (χ2v) is 3.69. The van der Waals surface area contributed by atoms with E-state index in [1.54, 1.807) is 0 Å². The Morgan fingerprint density at radius 1 is 1.43 bits per heavy atom. The van der Waals surface area contributed by atoms with Gasteiger partial charge >= 0.3 is 57.4 Å². The van der Waals surface area contributed by atoms with E-state index in [1.165, 1.54) is 0 Å². The third kappa shape index (κ3) is 2.66. The van der Waals surface area contributed by atoms with Gasteiger partial charge in [-0.15, -0.1) is 0 Å². The molecule has 70 valence electrons. The first-order valence-electron chi connectivity index (χ1n) is 3.83. The molecular formula is C9H8BrKO3. The molecule has 0 radical (unpaired) electrons. The van der Waals surface area contributed by atoms with Crippen molar-refractivity contribution in [2.24, 2.45) is 0 Å². The minimum atomic E-state index is -0.902. The molecule has 14 heavy (non-hydrogen) atoms. The van der Waals surface area contributed by atoms with Gasteiger partial charge in [-0.05, 0) is 11.6 Å². The van der Waals surface area contributed by atoms with Gasteiger partial charge in [0.15, 0.2) is 6.10 Å². The number of hydrogen-bond acceptors (Lipinski definition) is 2. The topological polar surface area (TPSA) is 49.8 Å². The molecule has 2 atom stereocenters. The van der Waals surface area contributed by atoms with E-state index in [4.69, 9.17) is 9.84 Å². The van der Waals surface area contributed by atoms with E-state index < -0.39 is 12.1 Å². The van der Waals surface area contributed by atoms with Gasteiger partial charge < -0.3 is 9.84 Å². The Balaban J connectivity index is 0.000000980. The van der Waals surface area contributed by atoms with E-state index in [2.05, 4.69) is 15.9 Å². The van der Waals surface area contributed by atoms with Crippen LogP contribution in [0, 0.1) is 0 Å². The number of halogens is 1. The molecule has 1 N–H and O–H groups in total. The van der Waals surface area contributed by atoms with Crippen LogP contribution < -0.4 is 0 Å². The molecule has 5 heteroatoms. The SMILES string of the molecule is O=C(O)C1OC1c1ccccc1Br.[KH]. The summed E-state index contributed by atoms with van der Waals surface area (Å²) in [6.45, 7) is 0. The van der Waals surface area contributed by atoms with Crippen molar-refractivity contribution < 1.29 is 14.6 Å². The molecule has 0 aromatic heterocycles. The molecule has 1 aliphatic rings. The molecule has 1 saturated heterocycles. The molecule has 1 heterocycles. The zero-order chi connectivity index (χ0) is 9.42. The van der Waals surface area contributed by atoms with Crippen LogP contribution in [0.1, 0.15) is 11.7 Å². The van der Waals surface area contributed by atoms with Crippen LogP contribution in [0.2, 0.25) is 0 Å². The molecule has 0 bridgehead atoms. The van der Waals surface area contributed by atoms with E-state index in [0.29, 0.717) is 0 Å². The van der Waals surface area contributed by atoms with Crippen molar-refractivity contribution in [1.82, 2.24) is 0 Å². The fourth-order valence-electron chi connectivity index (χ4n) is 1.24. The Hall–Kier alpha value is 0.766. The number of benzene rings is 1. The molecule has 0 spiro atoms. The van der Waals surface area contributed by atoms with Crippen LogP contribution in [0.15, 0.2) is 28.7 Å². The molecule has 1 aromatic carbocycles. The van der Waals surface area contributed by atoms with Crippen LogP contribution in [0.25, 0.3) is 0 Å². The average Bonchev–Trinajstić information content (AvgIpc) is 2.84. The Labute approximate surface area is 132 Å². The van der Waals surface area contributed by atoms with Crippen LogP contribution in [0.4, 0.5) is 0 Å². The number of rotatable bonds is 2. The van der Waals surface area contributed by atoms with Crippen LogP contribution >= 0.6 is 15.9 Å². The summed E-state index contributed by atoms with van der Waals surface area (Å²) >= 11 is 3.34. The first-order valence-corrected chi connectivity index (χ1v) is 4.62. The van der Waals surface area contributed by atoms with Crippen LogP contribution in [-0.2, 0) is 9.53 Å². The molecule has 2 unspecified atom stereocenters. The van der Waals surface area contributed by atoms with Gasteiger partial charge in [0.05, 0.1) is 0 Å². The van der Waals surface area contributed by atoms with Gasteiger partial charge in [0.1, 0.15) is 6.10 Å². The Morgan fingerprint density at radius 2 is 2.07 bits per heavy atom. The van der Waals surface area contributed by atoms with E-state index in [9.17, 15) is 4.79 Å². The van der Waals surface area contributed by atoms with E-state index in [1.807, 2.05) is 24.3 Å². The van der Waals surface area contributed by atoms with E-state index >= 15 is 0 Å². The summed E-state index contributed by atoms with van der Waals surface area (Å²) in [5.74, 6) is -0.902. The molecule has 2 rings (SSSR count). The predicted octanol–water partition coefficient (Wildman–Crippen LogP) is 1.33. The van der Waals surface area contributed by atoms with Gasteiger partial charge in [0.2, 0.25) is 0 Å². The van der Waals surface area contributed by atoms with Crippen molar-refractivity contribution in [2.45, 2.75) is 12.2 Å². The molecule has 1 aliphatic heterocycles. The van der Waals surface area contributed by atoms with Crippen molar-refractivity contribution in [3.8, 4) is 0 Å². The maximum atomic E-state index is 10.5. The number of carboxylic acids is 1. The fourth-order valence-corrected chi connectivity index (χ4v) is 1.75. The summed E-state index contributed by atoms with van der Waals surface area (Å²) in [5.41, 5.74) is 0.898. The predicted molar refractivity (Wildman–Crippen MR) is 56.5 cm³/mol. The van der Waals surface area contributed by atoms with Gasteiger partial charge in [-0.25, -0.2) is 4.79 Å². The van der Waals surface area contributed by atoms with Crippen molar-refractivity contribution in [3.63, 3.8) is 0 Å². The molecule has 1 aromatic rings. The van der Waals surface area contributed by atoms with Gasteiger partial charge in [0, 0.05) is 4.47 Å². The third-order valence-electron chi connectivity index (χ3n) is 1.95.